The zero-order chi connectivity index (χ0) is 27.8. The molecule has 3 aromatic heterocycles. The van der Waals surface area contributed by atoms with Crippen molar-refractivity contribution >= 4 is 21.9 Å². The summed E-state index contributed by atoms with van der Waals surface area (Å²) >= 11 is 0. The van der Waals surface area contributed by atoms with Crippen LogP contribution in [-0.4, -0.2) is 70.5 Å². The van der Waals surface area contributed by atoms with Crippen molar-refractivity contribution in [1.82, 2.24) is 24.5 Å². The van der Waals surface area contributed by atoms with E-state index >= 15 is 0 Å². The Hall–Kier alpha value is -3.41. The Labute approximate surface area is 213 Å². The van der Waals surface area contributed by atoms with Gasteiger partial charge in [0.2, 0.25) is 11.5 Å². The molecule has 0 aliphatic heterocycles. The molecule has 0 radical (unpaired) electrons. The molecule has 206 valence electrons. The summed E-state index contributed by atoms with van der Waals surface area (Å²) in [5, 5.41) is 17.0. The third-order valence-corrected chi connectivity index (χ3v) is 6.82. The number of carbonyl (C=O) groups excluding carboxylic acids is 1. The highest BCUT2D eigenvalue weighted by molar-refractivity contribution is 7.84. The van der Waals surface area contributed by atoms with Crippen LogP contribution in [0.5, 0.6) is 0 Å². The molecule has 0 unspecified atom stereocenters. The standard InChI is InChI=1S/C21H22F4N6O6S/c1-10-5-14(30-31(10)8-11-3-4-16(36-11)21(23,24)25)18(32)12-7-27-9-28-20(12)29-13-6-15(19(33)17(13)22)37-38(34,35)26-2/h3-5,7,9,13,15,17,19,26,33H,6,8H2,1-2H3,(H,27,28,29)/t13-,15-,17-,19-/m1/s1. The smallest absolute Gasteiger partial charge is 0.449 e. The van der Waals surface area contributed by atoms with E-state index in [1.165, 1.54) is 10.7 Å². The van der Waals surface area contributed by atoms with Crippen LogP contribution in [0.3, 0.4) is 0 Å². The first-order valence-electron chi connectivity index (χ1n) is 11.0. The summed E-state index contributed by atoms with van der Waals surface area (Å²) in [5.41, 5.74) is 0.245. The van der Waals surface area contributed by atoms with Crippen molar-refractivity contribution in [3.63, 3.8) is 0 Å². The molecule has 12 nitrogen and oxygen atoms in total. The zero-order valence-corrected chi connectivity index (χ0v) is 20.6. The fourth-order valence-electron chi connectivity index (χ4n) is 3.88. The summed E-state index contributed by atoms with van der Waals surface area (Å²) in [6.07, 6.45) is -7.77. The quantitative estimate of drug-likeness (QED) is 0.258. The summed E-state index contributed by atoms with van der Waals surface area (Å²) in [6.45, 7) is 1.41. The number of hydrogen-bond acceptors (Lipinski definition) is 10. The van der Waals surface area contributed by atoms with Crippen LogP contribution in [0.1, 0.15) is 39.7 Å². The van der Waals surface area contributed by atoms with Crippen molar-refractivity contribution < 1.29 is 44.5 Å². The maximum absolute atomic E-state index is 14.8. The lowest BCUT2D eigenvalue weighted by atomic mass is 10.1. The van der Waals surface area contributed by atoms with Crippen LogP contribution < -0.4 is 10.0 Å². The van der Waals surface area contributed by atoms with E-state index in [1.807, 2.05) is 4.72 Å². The second-order valence-electron chi connectivity index (χ2n) is 8.42. The van der Waals surface area contributed by atoms with E-state index in [4.69, 9.17) is 8.60 Å². The van der Waals surface area contributed by atoms with Gasteiger partial charge < -0.3 is 14.8 Å². The van der Waals surface area contributed by atoms with Gasteiger partial charge in [-0.25, -0.2) is 14.4 Å². The van der Waals surface area contributed by atoms with Crippen LogP contribution in [0.25, 0.3) is 0 Å². The second-order valence-corrected chi connectivity index (χ2v) is 9.93. The van der Waals surface area contributed by atoms with Crippen molar-refractivity contribution in [2.24, 2.45) is 0 Å². The molecule has 4 rings (SSSR count). The number of carbonyl (C=O) groups is 1. The number of nitrogens with one attached hydrogen (secondary N) is 2. The predicted octanol–water partition coefficient (Wildman–Crippen LogP) is 1.61. The van der Waals surface area contributed by atoms with Crippen molar-refractivity contribution in [3.05, 3.63) is 59.2 Å². The number of alkyl halides is 4. The minimum Gasteiger partial charge on any atom is -0.455 e. The van der Waals surface area contributed by atoms with Crippen molar-refractivity contribution in [2.75, 3.05) is 12.4 Å². The minimum atomic E-state index is -4.64. The first-order chi connectivity index (χ1) is 17.8. The Balaban J connectivity index is 1.52. The molecule has 38 heavy (non-hydrogen) atoms. The normalized spacial score (nSPS) is 22.1. The van der Waals surface area contributed by atoms with Crippen LogP contribution in [0.15, 0.2) is 35.1 Å². The van der Waals surface area contributed by atoms with Gasteiger partial charge in [-0.3, -0.25) is 13.7 Å². The van der Waals surface area contributed by atoms with E-state index < -0.39 is 52.4 Å². The van der Waals surface area contributed by atoms with Crippen LogP contribution in [0.2, 0.25) is 0 Å². The Kier molecular flexibility index (Phi) is 7.55. The summed E-state index contributed by atoms with van der Waals surface area (Å²) in [6, 6.07) is 2.18. The van der Waals surface area contributed by atoms with Crippen LogP contribution in [0.4, 0.5) is 23.4 Å². The molecule has 0 amide bonds. The summed E-state index contributed by atoms with van der Waals surface area (Å²) in [5.74, 6) is -1.97. The lowest BCUT2D eigenvalue weighted by Gasteiger charge is -2.17. The Morgan fingerprint density at radius 3 is 2.74 bits per heavy atom. The fraction of sp³-hybridized carbons (Fsp3) is 0.429. The SMILES string of the molecule is CNS(=O)(=O)O[C@@H]1C[C@@H](Nc2ncncc2C(=O)c2cc(C)n(Cc3ccc(C(F)(F)F)o3)n2)[C@@H](F)[C@@H]1O. The monoisotopic (exact) mass is 562 g/mol. The number of hydrogen-bond donors (Lipinski definition) is 3. The number of aromatic nitrogens is 4. The molecule has 3 aromatic rings. The average molecular weight is 563 g/mol. The van der Waals surface area contributed by atoms with Crippen molar-refractivity contribution in [1.29, 1.82) is 0 Å². The summed E-state index contributed by atoms with van der Waals surface area (Å²) < 4.78 is 89.2. The molecule has 1 saturated carbocycles. The number of furan rings is 1. The number of rotatable bonds is 9. The number of aryl methyl sites for hydroxylation is 1. The van der Waals surface area contributed by atoms with Crippen LogP contribution in [0, 0.1) is 6.92 Å². The highest BCUT2D eigenvalue weighted by atomic mass is 32.2. The average Bonchev–Trinajstić information content (AvgIpc) is 3.55. The van der Waals surface area contributed by atoms with Gasteiger partial charge in [-0.05, 0) is 25.1 Å². The maximum Gasteiger partial charge on any atom is 0.449 e. The molecular weight excluding hydrogens is 540 g/mol. The molecule has 1 aliphatic rings. The number of halogens is 4. The molecule has 0 saturated heterocycles. The molecule has 4 atom stereocenters. The summed E-state index contributed by atoms with van der Waals surface area (Å²) in [4.78, 5) is 21.0. The molecule has 0 aromatic carbocycles. The third kappa shape index (κ3) is 5.85. The Morgan fingerprint density at radius 1 is 1.34 bits per heavy atom. The largest absolute Gasteiger partial charge is 0.455 e. The van der Waals surface area contributed by atoms with E-state index in [0.29, 0.717) is 5.69 Å². The van der Waals surface area contributed by atoms with E-state index in [9.17, 15) is 35.9 Å². The van der Waals surface area contributed by atoms with Crippen molar-refractivity contribution in [2.45, 2.75) is 50.5 Å². The van der Waals surface area contributed by atoms with E-state index in [2.05, 4.69) is 20.4 Å². The van der Waals surface area contributed by atoms with Crippen LogP contribution >= 0.6 is 0 Å². The van der Waals surface area contributed by atoms with E-state index in [0.717, 1.165) is 31.7 Å². The van der Waals surface area contributed by atoms with Gasteiger partial charge in [0, 0.05) is 25.4 Å². The lowest BCUT2D eigenvalue weighted by molar-refractivity contribution is -0.153. The molecule has 0 bridgehead atoms. The van der Waals surface area contributed by atoms with Gasteiger partial charge in [-0.15, -0.1) is 0 Å². The number of aliphatic hydroxyl groups is 1. The van der Waals surface area contributed by atoms with Gasteiger partial charge in [-0.1, -0.05) is 0 Å². The van der Waals surface area contributed by atoms with Crippen molar-refractivity contribution in [3.8, 4) is 0 Å². The van der Waals surface area contributed by atoms with Gasteiger partial charge in [0.25, 0.3) is 0 Å². The molecule has 17 heteroatoms. The topological polar surface area (TPSA) is 161 Å². The lowest BCUT2D eigenvalue weighted by Crippen LogP contribution is -2.35. The Bertz CT molecular complexity index is 1430. The fourth-order valence-corrected chi connectivity index (χ4v) is 4.49. The first kappa shape index (κ1) is 27.6. The van der Waals surface area contributed by atoms with E-state index in [-0.39, 0.29) is 35.8 Å². The Morgan fingerprint density at radius 2 is 2.08 bits per heavy atom. The zero-order valence-electron chi connectivity index (χ0n) is 19.8. The highest BCUT2D eigenvalue weighted by Crippen LogP contribution is 2.32. The van der Waals surface area contributed by atoms with Gasteiger partial charge in [0.15, 0.2) is 0 Å². The molecule has 3 heterocycles. The second kappa shape index (κ2) is 10.4. The number of ketones is 1. The van der Waals surface area contributed by atoms with Gasteiger partial charge >= 0.3 is 16.5 Å². The minimum absolute atomic E-state index is 0.0289. The van der Waals surface area contributed by atoms with Gasteiger partial charge in [0.1, 0.15) is 42.0 Å². The number of anilines is 1. The van der Waals surface area contributed by atoms with Gasteiger partial charge in [0.05, 0.1) is 18.2 Å². The van der Waals surface area contributed by atoms with E-state index in [1.54, 1.807) is 6.92 Å². The molecule has 1 aliphatic carbocycles. The number of nitrogens with zero attached hydrogens (tertiary/aromatic N) is 4. The maximum atomic E-state index is 14.8. The van der Waals surface area contributed by atoms with Gasteiger partial charge in [-0.2, -0.15) is 31.4 Å². The van der Waals surface area contributed by atoms with Crippen LogP contribution in [-0.2, 0) is 27.2 Å². The molecular formula is C21H22F4N6O6S. The third-order valence-electron chi connectivity index (χ3n) is 5.82. The molecule has 1 fully saturated rings. The predicted molar refractivity (Wildman–Crippen MR) is 121 cm³/mol. The molecule has 3 N–H and O–H groups in total. The highest BCUT2D eigenvalue weighted by Gasteiger charge is 2.46. The molecule has 0 spiro atoms. The number of aliphatic hydroxyl groups excluding tert-OH is 1. The summed E-state index contributed by atoms with van der Waals surface area (Å²) in [7, 11) is -3.11. The first-order valence-corrected chi connectivity index (χ1v) is 12.5.